The van der Waals surface area contributed by atoms with E-state index in [0.29, 0.717) is 21.3 Å². The summed E-state index contributed by atoms with van der Waals surface area (Å²) in [7, 11) is 0. The Balaban J connectivity index is 1.72. The molecule has 0 aromatic heterocycles. The van der Waals surface area contributed by atoms with Gasteiger partial charge < -0.3 is 10.6 Å². The molecule has 136 valence electrons. The van der Waals surface area contributed by atoms with Gasteiger partial charge in [0.1, 0.15) is 0 Å². The fraction of sp³-hybridized carbons (Fsp3) is 0.150. The maximum Gasteiger partial charge on any atom is 0.234 e. The highest BCUT2D eigenvalue weighted by atomic mass is 35.5. The first-order chi connectivity index (χ1) is 13.1. The van der Waals surface area contributed by atoms with E-state index in [0.717, 1.165) is 17.3 Å². The molecule has 1 heterocycles. The number of halogens is 1. The van der Waals surface area contributed by atoms with Crippen LogP contribution in [0.5, 0.6) is 0 Å². The maximum absolute atomic E-state index is 12.2. The number of hydrogen-bond acceptors (Lipinski definition) is 4. The van der Waals surface area contributed by atoms with E-state index in [-0.39, 0.29) is 29.9 Å². The molecule has 0 aliphatic carbocycles. The Hall–Kier alpha value is -2.75. The van der Waals surface area contributed by atoms with Gasteiger partial charge in [0.25, 0.3) is 0 Å². The summed E-state index contributed by atoms with van der Waals surface area (Å²) < 4.78 is 0. The van der Waals surface area contributed by atoms with Crippen molar-refractivity contribution in [1.29, 1.82) is 5.26 Å². The Kier molecular flexibility index (Phi) is 6.17. The first kappa shape index (κ1) is 19.0. The van der Waals surface area contributed by atoms with Gasteiger partial charge in [0.05, 0.1) is 22.4 Å². The van der Waals surface area contributed by atoms with Crippen LogP contribution in [0.15, 0.2) is 65.2 Å². The average molecular weight is 398 g/mol. The molecule has 0 fully saturated rings. The molecule has 7 heteroatoms. The molecular formula is C20H16ClN3O2S. The summed E-state index contributed by atoms with van der Waals surface area (Å²) in [6.07, 6.45) is 0.216. The molecule has 0 saturated carbocycles. The Morgan fingerprint density at radius 2 is 1.93 bits per heavy atom. The predicted octanol–water partition coefficient (Wildman–Crippen LogP) is 4.05. The number of anilines is 1. The van der Waals surface area contributed by atoms with Crippen molar-refractivity contribution in [2.75, 3.05) is 11.1 Å². The van der Waals surface area contributed by atoms with Gasteiger partial charge in [-0.25, -0.2) is 0 Å². The topological polar surface area (TPSA) is 82.0 Å². The first-order valence-electron chi connectivity index (χ1n) is 8.24. The third-order valence-electron chi connectivity index (χ3n) is 4.03. The minimum Gasteiger partial charge on any atom is -0.325 e. The number of benzene rings is 2. The highest BCUT2D eigenvalue weighted by Gasteiger charge is 2.29. The molecule has 1 aliphatic heterocycles. The van der Waals surface area contributed by atoms with Crippen LogP contribution in [0.25, 0.3) is 0 Å². The van der Waals surface area contributed by atoms with Crippen LogP contribution in [-0.4, -0.2) is 17.6 Å². The van der Waals surface area contributed by atoms with E-state index in [4.69, 9.17) is 11.6 Å². The van der Waals surface area contributed by atoms with Gasteiger partial charge in [-0.1, -0.05) is 53.7 Å². The molecule has 1 aliphatic rings. The summed E-state index contributed by atoms with van der Waals surface area (Å²) in [5.41, 5.74) is 2.02. The van der Waals surface area contributed by atoms with E-state index >= 15 is 0 Å². The molecule has 0 bridgehead atoms. The summed E-state index contributed by atoms with van der Waals surface area (Å²) in [5.74, 6) is -0.622. The van der Waals surface area contributed by atoms with E-state index in [2.05, 4.69) is 16.7 Å². The van der Waals surface area contributed by atoms with E-state index in [1.165, 1.54) is 0 Å². The zero-order chi connectivity index (χ0) is 19.2. The lowest BCUT2D eigenvalue weighted by Crippen LogP contribution is -2.31. The smallest absolute Gasteiger partial charge is 0.234 e. The van der Waals surface area contributed by atoms with Crippen LogP contribution < -0.4 is 10.6 Å². The molecule has 0 saturated heterocycles. The van der Waals surface area contributed by atoms with Crippen LogP contribution in [-0.2, 0) is 9.59 Å². The number of nitriles is 1. The summed E-state index contributed by atoms with van der Waals surface area (Å²) >= 11 is 6.98. The van der Waals surface area contributed by atoms with Crippen LogP contribution in [0.2, 0.25) is 5.02 Å². The monoisotopic (exact) mass is 397 g/mol. The van der Waals surface area contributed by atoms with Crippen molar-refractivity contribution in [1.82, 2.24) is 5.32 Å². The number of allylic oxidation sites excluding steroid dienone is 1. The van der Waals surface area contributed by atoms with Gasteiger partial charge in [-0.05, 0) is 29.8 Å². The summed E-state index contributed by atoms with van der Waals surface area (Å²) in [5, 5.41) is 16.1. The summed E-state index contributed by atoms with van der Waals surface area (Å²) in [6, 6.07) is 18.4. The molecule has 27 heavy (non-hydrogen) atoms. The van der Waals surface area contributed by atoms with Crippen molar-refractivity contribution in [3.05, 3.63) is 75.8 Å². The predicted molar refractivity (Wildman–Crippen MR) is 107 cm³/mol. The fourth-order valence-corrected chi connectivity index (χ4v) is 3.77. The third-order valence-corrected chi connectivity index (χ3v) is 5.30. The summed E-state index contributed by atoms with van der Waals surface area (Å²) in [4.78, 5) is 24.3. The van der Waals surface area contributed by atoms with Gasteiger partial charge in [-0.3, -0.25) is 9.59 Å². The molecule has 2 amide bonds. The lowest BCUT2D eigenvalue weighted by molar-refractivity contribution is -0.121. The first-order valence-corrected chi connectivity index (χ1v) is 9.60. The number of hydrogen-bond donors (Lipinski definition) is 2. The van der Waals surface area contributed by atoms with Crippen LogP contribution in [0.3, 0.4) is 0 Å². The molecule has 3 rings (SSSR count). The van der Waals surface area contributed by atoms with Crippen molar-refractivity contribution < 1.29 is 9.59 Å². The molecular weight excluding hydrogens is 382 g/mol. The van der Waals surface area contributed by atoms with E-state index < -0.39 is 0 Å². The quantitative estimate of drug-likeness (QED) is 0.797. The number of carbonyl (C=O) groups is 2. The Labute approximate surface area is 166 Å². The standard InChI is InChI=1S/C20H16ClN3O2S/c21-14-6-8-15(9-7-14)23-19(26)12-27-20-17(11-22)16(10-18(25)24-20)13-4-2-1-3-5-13/h1-9,16H,10,12H2,(H,23,26)(H,24,25)/t16-/m1/s1. The number of amides is 2. The highest BCUT2D eigenvalue weighted by molar-refractivity contribution is 8.03. The molecule has 5 nitrogen and oxygen atoms in total. The normalized spacial score (nSPS) is 16.4. The van der Waals surface area contributed by atoms with Gasteiger partial charge in [0, 0.05) is 23.0 Å². The maximum atomic E-state index is 12.2. The third kappa shape index (κ3) is 4.91. The number of nitrogens with zero attached hydrogens (tertiary/aromatic N) is 1. The number of carbonyl (C=O) groups excluding carboxylic acids is 2. The Morgan fingerprint density at radius 1 is 1.22 bits per heavy atom. The fourth-order valence-electron chi connectivity index (χ4n) is 2.77. The van der Waals surface area contributed by atoms with Crippen LogP contribution in [0.4, 0.5) is 5.69 Å². The zero-order valence-corrected chi connectivity index (χ0v) is 15.8. The van der Waals surface area contributed by atoms with Gasteiger partial charge in [0.2, 0.25) is 11.8 Å². The van der Waals surface area contributed by atoms with Crippen molar-refractivity contribution in [3.8, 4) is 6.07 Å². The van der Waals surface area contributed by atoms with Crippen LogP contribution in [0.1, 0.15) is 17.9 Å². The highest BCUT2D eigenvalue weighted by Crippen LogP contribution is 2.35. The molecule has 0 radical (unpaired) electrons. The second kappa shape index (κ2) is 8.76. The molecule has 2 aromatic rings. The van der Waals surface area contributed by atoms with E-state index in [9.17, 15) is 14.9 Å². The average Bonchev–Trinajstić information content (AvgIpc) is 2.68. The molecule has 2 aromatic carbocycles. The second-order valence-corrected chi connectivity index (χ2v) is 7.34. The zero-order valence-electron chi connectivity index (χ0n) is 14.2. The van der Waals surface area contributed by atoms with Gasteiger partial charge in [0.15, 0.2) is 0 Å². The molecule has 0 unspecified atom stereocenters. The van der Waals surface area contributed by atoms with Crippen LogP contribution >= 0.6 is 23.4 Å². The lowest BCUT2D eigenvalue weighted by atomic mass is 9.87. The second-order valence-electron chi connectivity index (χ2n) is 5.91. The largest absolute Gasteiger partial charge is 0.325 e. The number of rotatable bonds is 5. The lowest BCUT2D eigenvalue weighted by Gasteiger charge is -2.25. The van der Waals surface area contributed by atoms with Crippen molar-refractivity contribution in [2.45, 2.75) is 12.3 Å². The Morgan fingerprint density at radius 3 is 2.59 bits per heavy atom. The molecule has 1 atom stereocenters. The minimum absolute atomic E-state index is 0.0743. The van der Waals surface area contributed by atoms with Crippen molar-refractivity contribution in [2.24, 2.45) is 0 Å². The van der Waals surface area contributed by atoms with Crippen molar-refractivity contribution in [3.63, 3.8) is 0 Å². The van der Waals surface area contributed by atoms with Crippen molar-refractivity contribution >= 4 is 40.9 Å². The summed E-state index contributed by atoms with van der Waals surface area (Å²) in [6.45, 7) is 0. The van der Waals surface area contributed by atoms with Crippen LogP contribution in [0, 0.1) is 11.3 Å². The molecule has 0 spiro atoms. The van der Waals surface area contributed by atoms with E-state index in [1.807, 2.05) is 30.3 Å². The van der Waals surface area contributed by atoms with Gasteiger partial charge in [-0.15, -0.1) is 0 Å². The Bertz CT molecular complexity index is 920. The molecule has 2 N–H and O–H groups in total. The number of thioether (sulfide) groups is 1. The van der Waals surface area contributed by atoms with E-state index in [1.54, 1.807) is 24.3 Å². The number of nitrogens with one attached hydrogen (secondary N) is 2. The minimum atomic E-state index is -0.299. The SMILES string of the molecule is N#CC1=C(SCC(=O)Nc2ccc(Cl)cc2)NC(=O)C[C@@H]1c1ccccc1. The van der Waals surface area contributed by atoms with Gasteiger partial charge >= 0.3 is 0 Å². The van der Waals surface area contributed by atoms with Gasteiger partial charge in [-0.2, -0.15) is 5.26 Å².